The molecule has 1 aromatic carbocycles. The van der Waals surface area contributed by atoms with Gasteiger partial charge in [-0.3, -0.25) is 14.4 Å². The minimum absolute atomic E-state index is 0.0721. The molecule has 0 spiro atoms. The molecule has 8 nitrogen and oxygen atoms in total. The van der Waals surface area contributed by atoms with Gasteiger partial charge in [0.05, 0.1) is 0 Å². The number of hydrogen-bond acceptors (Lipinski definition) is 6. The number of hydrogen-bond donors (Lipinski definition) is 1. The largest absolute Gasteiger partial charge is 0.446 e. The maximum absolute atomic E-state index is 13.1. The lowest BCUT2D eigenvalue weighted by Gasteiger charge is -2.41. The van der Waals surface area contributed by atoms with Crippen LogP contribution < -0.4 is 5.32 Å². The van der Waals surface area contributed by atoms with E-state index < -0.39 is 45.4 Å². The van der Waals surface area contributed by atoms with Crippen molar-refractivity contribution in [3.63, 3.8) is 0 Å². The van der Waals surface area contributed by atoms with E-state index in [-0.39, 0.29) is 28.9 Å². The van der Waals surface area contributed by atoms with Crippen molar-refractivity contribution < 1.29 is 36.0 Å². The van der Waals surface area contributed by atoms with Gasteiger partial charge in [-0.25, -0.2) is 8.61 Å². The SMILES string of the molecule is CCN1C(=O)C(C(=O)Nc2ccc(SC(F)(F)F)cc2)C(=O)N(C2CCCCC2)S1(=O)=O. The molecule has 176 valence electrons. The first-order valence-corrected chi connectivity index (χ1v) is 12.2. The third-order valence-corrected chi connectivity index (χ3v) is 8.00. The van der Waals surface area contributed by atoms with E-state index in [9.17, 15) is 36.0 Å². The van der Waals surface area contributed by atoms with E-state index >= 15 is 0 Å². The van der Waals surface area contributed by atoms with Crippen LogP contribution in [0.4, 0.5) is 18.9 Å². The molecule has 1 heterocycles. The highest BCUT2D eigenvalue weighted by Gasteiger charge is 2.54. The minimum Gasteiger partial charge on any atom is -0.325 e. The van der Waals surface area contributed by atoms with E-state index in [0.29, 0.717) is 21.5 Å². The van der Waals surface area contributed by atoms with Gasteiger partial charge in [0.2, 0.25) is 5.91 Å². The summed E-state index contributed by atoms with van der Waals surface area (Å²) in [6.45, 7) is 1.18. The lowest BCUT2D eigenvalue weighted by atomic mass is 9.94. The first kappa shape index (κ1) is 24.4. The zero-order valence-electron chi connectivity index (χ0n) is 17.1. The Morgan fingerprint density at radius 3 is 2.22 bits per heavy atom. The number of carbonyl (C=O) groups is 3. The minimum atomic E-state index is -4.47. The number of nitrogens with zero attached hydrogens (tertiary/aromatic N) is 2. The average molecular weight is 494 g/mol. The van der Waals surface area contributed by atoms with Crippen molar-refractivity contribution >= 4 is 45.4 Å². The zero-order valence-corrected chi connectivity index (χ0v) is 18.7. The smallest absolute Gasteiger partial charge is 0.325 e. The summed E-state index contributed by atoms with van der Waals surface area (Å²) in [5, 5.41) is 2.34. The van der Waals surface area contributed by atoms with Crippen molar-refractivity contribution in [3.05, 3.63) is 24.3 Å². The Morgan fingerprint density at radius 1 is 1.09 bits per heavy atom. The quantitative estimate of drug-likeness (QED) is 0.499. The molecule has 0 radical (unpaired) electrons. The van der Waals surface area contributed by atoms with Crippen molar-refractivity contribution in [2.75, 3.05) is 11.9 Å². The Balaban J connectivity index is 1.84. The van der Waals surface area contributed by atoms with Crippen LogP contribution in [-0.2, 0) is 24.6 Å². The van der Waals surface area contributed by atoms with E-state index in [2.05, 4.69) is 5.32 Å². The molecule has 3 rings (SSSR count). The Bertz CT molecular complexity index is 992. The number of thioether (sulfide) groups is 1. The molecule has 1 saturated heterocycles. The maximum Gasteiger partial charge on any atom is 0.446 e. The molecule has 32 heavy (non-hydrogen) atoms. The monoisotopic (exact) mass is 493 g/mol. The third kappa shape index (κ3) is 5.03. The van der Waals surface area contributed by atoms with Crippen LogP contribution in [0.25, 0.3) is 0 Å². The Labute approximate surface area is 187 Å². The van der Waals surface area contributed by atoms with Crippen LogP contribution in [-0.4, -0.2) is 52.8 Å². The van der Waals surface area contributed by atoms with Crippen LogP contribution >= 0.6 is 11.8 Å². The Morgan fingerprint density at radius 2 is 1.69 bits per heavy atom. The predicted molar refractivity (Wildman–Crippen MR) is 110 cm³/mol. The topological polar surface area (TPSA) is 104 Å². The van der Waals surface area contributed by atoms with Crippen molar-refractivity contribution in [2.45, 2.75) is 55.5 Å². The molecular weight excluding hydrogens is 471 g/mol. The standard InChI is InChI=1S/C19H22F3N3O5S2/c1-2-24-17(27)15(18(28)25(32(24,29)30)13-6-4-3-5-7-13)16(26)23-12-8-10-14(11-9-12)31-19(20,21)22/h8-11,13,15H,2-7H2,1H3,(H,23,26). The summed E-state index contributed by atoms with van der Waals surface area (Å²) < 4.78 is 64.4. The lowest BCUT2D eigenvalue weighted by molar-refractivity contribution is -0.149. The van der Waals surface area contributed by atoms with Gasteiger partial charge in [-0.15, -0.1) is 0 Å². The lowest BCUT2D eigenvalue weighted by Crippen LogP contribution is -2.64. The number of halogens is 3. The van der Waals surface area contributed by atoms with E-state index in [1.54, 1.807) is 0 Å². The number of nitrogens with one attached hydrogen (secondary N) is 1. The van der Waals surface area contributed by atoms with E-state index in [0.717, 1.165) is 31.4 Å². The molecular formula is C19H22F3N3O5S2. The van der Waals surface area contributed by atoms with Gasteiger partial charge in [0, 0.05) is 23.2 Å². The second kappa shape index (κ2) is 9.30. The van der Waals surface area contributed by atoms with Gasteiger partial charge < -0.3 is 5.32 Å². The molecule has 3 amide bonds. The average Bonchev–Trinajstić information content (AvgIpc) is 2.69. The fraction of sp³-hybridized carbons (Fsp3) is 0.526. The first-order valence-electron chi connectivity index (χ1n) is 10.0. The van der Waals surface area contributed by atoms with Crippen LogP contribution in [0.1, 0.15) is 39.0 Å². The van der Waals surface area contributed by atoms with Crippen LogP contribution in [0, 0.1) is 5.92 Å². The van der Waals surface area contributed by atoms with Crippen molar-refractivity contribution in [3.8, 4) is 0 Å². The normalized spacial score (nSPS) is 22.2. The Kier molecular flexibility index (Phi) is 7.08. The molecule has 0 aromatic heterocycles. The highest BCUT2D eigenvalue weighted by atomic mass is 32.2. The molecule has 2 aliphatic rings. The van der Waals surface area contributed by atoms with E-state index in [4.69, 9.17) is 0 Å². The molecule has 1 saturated carbocycles. The van der Waals surface area contributed by atoms with Gasteiger partial charge in [0.1, 0.15) is 0 Å². The van der Waals surface area contributed by atoms with Gasteiger partial charge in [-0.1, -0.05) is 19.3 Å². The fourth-order valence-corrected chi connectivity index (χ4v) is 6.22. The highest BCUT2D eigenvalue weighted by molar-refractivity contribution is 8.00. The summed E-state index contributed by atoms with van der Waals surface area (Å²) in [5.74, 6) is -5.19. The molecule has 1 N–H and O–H groups in total. The fourth-order valence-electron chi connectivity index (χ4n) is 3.89. The number of amides is 3. The molecule has 1 aliphatic carbocycles. The second-order valence-electron chi connectivity index (χ2n) is 7.43. The third-order valence-electron chi connectivity index (χ3n) is 5.30. The van der Waals surface area contributed by atoms with Crippen LogP contribution in [0.2, 0.25) is 0 Å². The van der Waals surface area contributed by atoms with Gasteiger partial charge in [0.25, 0.3) is 11.8 Å². The first-order chi connectivity index (χ1) is 15.0. The van der Waals surface area contributed by atoms with Crippen LogP contribution in [0.3, 0.4) is 0 Å². The summed E-state index contributed by atoms with van der Waals surface area (Å²) in [6, 6.07) is 4.05. The van der Waals surface area contributed by atoms with Crippen LogP contribution in [0.5, 0.6) is 0 Å². The molecule has 0 bridgehead atoms. The number of benzene rings is 1. The summed E-state index contributed by atoms with van der Waals surface area (Å²) in [5.41, 5.74) is -4.40. The van der Waals surface area contributed by atoms with Gasteiger partial charge in [-0.05, 0) is 55.8 Å². The van der Waals surface area contributed by atoms with Crippen molar-refractivity contribution in [2.24, 2.45) is 5.92 Å². The summed E-state index contributed by atoms with van der Waals surface area (Å²) in [6.07, 6.45) is 3.25. The summed E-state index contributed by atoms with van der Waals surface area (Å²) >= 11 is -0.325. The summed E-state index contributed by atoms with van der Waals surface area (Å²) in [4.78, 5) is 38.5. The number of carbonyl (C=O) groups excluding carboxylic acids is 3. The van der Waals surface area contributed by atoms with Gasteiger partial charge >= 0.3 is 15.7 Å². The number of rotatable bonds is 5. The van der Waals surface area contributed by atoms with E-state index in [1.807, 2.05) is 0 Å². The van der Waals surface area contributed by atoms with Gasteiger partial charge in [-0.2, -0.15) is 21.6 Å². The number of anilines is 1. The molecule has 1 aromatic rings. The van der Waals surface area contributed by atoms with E-state index in [1.165, 1.54) is 19.1 Å². The molecule has 2 fully saturated rings. The molecule has 1 aliphatic heterocycles. The Hall–Kier alpha value is -2.28. The highest BCUT2D eigenvalue weighted by Crippen LogP contribution is 2.37. The molecule has 1 atom stereocenters. The van der Waals surface area contributed by atoms with Crippen molar-refractivity contribution in [1.82, 2.24) is 8.61 Å². The van der Waals surface area contributed by atoms with Gasteiger partial charge in [0.15, 0.2) is 5.92 Å². The predicted octanol–water partition coefficient (Wildman–Crippen LogP) is 3.12. The number of alkyl halides is 3. The maximum atomic E-state index is 13.1. The zero-order chi connectivity index (χ0) is 23.7. The van der Waals surface area contributed by atoms with Crippen LogP contribution in [0.15, 0.2) is 29.2 Å². The summed E-state index contributed by atoms with van der Waals surface area (Å²) in [7, 11) is -4.40. The second-order valence-corrected chi connectivity index (χ2v) is 10.3. The molecule has 13 heteroatoms. The molecule has 1 unspecified atom stereocenters. The van der Waals surface area contributed by atoms with Crippen molar-refractivity contribution in [1.29, 1.82) is 0 Å².